The van der Waals surface area contributed by atoms with Crippen LogP contribution >= 0.6 is 0 Å². The molecular formula is C23H24N2O4S. The van der Waals surface area contributed by atoms with E-state index in [1.807, 2.05) is 32.0 Å². The molecule has 0 spiro atoms. The number of hydrogen-bond acceptors (Lipinski definition) is 4. The first kappa shape index (κ1) is 21.4. The van der Waals surface area contributed by atoms with Gasteiger partial charge in [0.1, 0.15) is 12.4 Å². The number of amides is 1. The molecule has 0 unspecified atom stereocenters. The number of ether oxygens (including phenoxy) is 1. The van der Waals surface area contributed by atoms with Crippen molar-refractivity contribution in [2.24, 2.45) is 0 Å². The monoisotopic (exact) mass is 424 g/mol. The van der Waals surface area contributed by atoms with E-state index in [0.29, 0.717) is 24.4 Å². The number of nitrogens with one attached hydrogen (secondary N) is 2. The molecule has 0 bridgehead atoms. The van der Waals surface area contributed by atoms with Gasteiger partial charge >= 0.3 is 0 Å². The molecule has 30 heavy (non-hydrogen) atoms. The molecule has 6 nitrogen and oxygen atoms in total. The minimum atomic E-state index is -3.66. The van der Waals surface area contributed by atoms with Crippen LogP contribution in [0, 0.1) is 13.8 Å². The van der Waals surface area contributed by atoms with E-state index in [9.17, 15) is 13.2 Å². The normalized spacial score (nSPS) is 11.0. The van der Waals surface area contributed by atoms with Crippen molar-refractivity contribution < 1.29 is 17.9 Å². The number of rotatable bonds is 8. The van der Waals surface area contributed by atoms with Crippen molar-refractivity contribution in [2.45, 2.75) is 18.7 Å². The zero-order valence-corrected chi connectivity index (χ0v) is 17.7. The smallest absolute Gasteiger partial charge is 0.261 e. The molecule has 0 aliphatic carbocycles. The second-order valence-electron chi connectivity index (χ2n) is 6.85. The average Bonchev–Trinajstić information content (AvgIpc) is 2.74. The van der Waals surface area contributed by atoms with Crippen LogP contribution in [0.1, 0.15) is 21.5 Å². The summed E-state index contributed by atoms with van der Waals surface area (Å²) in [7, 11) is -3.66. The van der Waals surface area contributed by atoms with E-state index in [4.69, 9.17) is 4.74 Å². The second kappa shape index (κ2) is 9.45. The third kappa shape index (κ3) is 5.61. The van der Waals surface area contributed by atoms with E-state index in [0.717, 1.165) is 11.3 Å². The van der Waals surface area contributed by atoms with E-state index in [1.165, 1.54) is 17.7 Å². The molecule has 1 amide bonds. The molecule has 0 atom stereocenters. The zero-order valence-electron chi connectivity index (χ0n) is 16.9. The zero-order chi connectivity index (χ0) is 21.6. The SMILES string of the molecule is Cc1ccc(OCCNC(=O)c2ccc(NS(=O)(=O)c3ccccc3)cc2)cc1C. The number of aryl methyl sites for hydroxylation is 2. The van der Waals surface area contributed by atoms with Gasteiger partial charge in [0.05, 0.1) is 11.4 Å². The molecule has 0 saturated heterocycles. The Hall–Kier alpha value is -3.32. The Kier molecular flexibility index (Phi) is 6.74. The maximum absolute atomic E-state index is 12.3. The van der Waals surface area contributed by atoms with Gasteiger partial charge < -0.3 is 10.1 Å². The Morgan fingerprint density at radius 2 is 1.60 bits per heavy atom. The summed E-state index contributed by atoms with van der Waals surface area (Å²) in [5.41, 5.74) is 3.17. The van der Waals surface area contributed by atoms with Crippen molar-refractivity contribution >= 4 is 21.6 Å². The molecule has 0 heterocycles. The van der Waals surface area contributed by atoms with Crippen LogP contribution in [0.3, 0.4) is 0 Å². The lowest BCUT2D eigenvalue weighted by Crippen LogP contribution is -2.28. The van der Waals surface area contributed by atoms with E-state index in [2.05, 4.69) is 10.0 Å². The second-order valence-corrected chi connectivity index (χ2v) is 8.53. The summed E-state index contributed by atoms with van der Waals surface area (Å²) in [5.74, 6) is 0.513. The molecule has 156 valence electrons. The third-order valence-electron chi connectivity index (χ3n) is 4.59. The molecule has 0 aliphatic rings. The predicted molar refractivity (Wildman–Crippen MR) is 117 cm³/mol. The number of carbonyl (C=O) groups is 1. The first-order valence-electron chi connectivity index (χ1n) is 9.51. The number of anilines is 1. The molecule has 0 aromatic heterocycles. The van der Waals surface area contributed by atoms with Crippen molar-refractivity contribution in [2.75, 3.05) is 17.9 Å². The summed E-state index contributed by atoms with van der Waals surface area (Å²) < 4.78 is 32.8. The van der Waals surface area contributed by atoms with E-state index in [-0.39, 0.29) is 10.8 Å². The van der Waals surface area contributed by atoms with Crippen molar-refractivity contribution in [1.82, 2.24) is 5.32 Å². The van der Waals surface area contributed by atoms with Crippen molar-refractivity contribution in [1.29, 1.82) is 0 Å². The first-order valence-corrected chi connectivity index (χ1v) is 11.0. The van der Waals surface area contributed by atoms with Crippen LogP contribution < -0.4 is 14.8 Å². The van der Waals surface area contributed by atoms with Crippen molar-refractivity contribution in [3.05, 3.63) is 89.5 Å². The average molecular weight is 425 g/mol. The van der Waals surface area contributed by atoms with Crippen LogP contribution in [-0.2, 0) is 10.0 Å². The Balaban J connectivity index is 1.50. The maximum Gasteiger partial charge on any atom is 0.261 e. The lowest BCUT2D eigenvalue weighted by molar-refractivity contribution is 0.0947. The lowest BCUT2D eigenvalue weighted by atomic mass is 10.1. The van der Waals surface area contributed by atoms with Gasteiger partial charge in [-0.15, -0.1) is 0 Å². The van der Waals surface area contributed by atoms with Crippen LogP contribution in [-0.4, -0.2) is 27.5 Å². The highest BCUT2D eigenvalue weighted by Crippen LogP contribution is 2.17. The number of carbonyl (C=O) groups excluding carboxylic acids is 1. The standard InChI is InChI=1S/C23H24N2O4S/c1-17-8-13-21(16-18(17)2)29-15-14-24-23(26)19-9-11-20(12-10-19)25-30(27,28)22-6-4-3-5-7-22/h3-13,16,25H,14-15H2,1-2H3,(H,24,26). The lowest BCUT2D eigenvalue weighted by Gasteiger charge is -2.10. The highest BCUT2D eigenvalue weighted by molar-refractivity contribution is 7.92. The van der Waals surface area contributed by atoms with Crippen LogP contribution in [0.2, 0.25) is 0 Å². The van der Waals surface area contributed by atoms with Gasteiger partial charge in [-0.1, -0.05) is 24.3 Å². The van der Waals surface area contributed by atoms with Crippen LogP contribution in [0.5, 0.6) is 5.75 Å². The predicted octanol–water partition coefficient (Wildman–Crippen LogP) is 3.91. The molecule has 0 fully saturated rings. The van der Waals surface area contributed by atoms with E-state index in [1.54, 1.807) is 42.5 Å². The van der Waals surface area contributed by atoms with Crippen LogP contribution in [0.15, 0.2) is 77.7 Å². The van der Waals surface area contributed by atoms with Gasteiger partial charge in [-0.3, -0.25) is 9.52 Å². The van der Waals surface area contributed by atoms with Crippen LogP contribution in [0.25, 0.3) is 0 Å². The van der Waals surface area contributed by atoms with Gasteiger partial charge in [0, 0.05) is 11.3 Å². The van der Waals surface area contributed by atoms with Gasteiger partial charge in [0.2, 0.25) is 0 Å². The molecule has 3 aromatic rings. The number of benzene rings is 3. The quantitative estimate of drug-likeness (QED) is 0.537. The number of sulfonamides is 1. The Labute approximate surface area is 177 Å². The minimum Gasteiger partial charge on any atom is -0.492 e. The van der Waals surface area contributed by atoms with Crippen LogP contribution in [0.4, 0.5) is 5.69 Å². The largest absolute Gasteiger partial charge is 0.492 e. The van der Waals surface area contributed by atoms with Gasteiger partial charge in [-0.2, -0.15) is 0 Å². The van der Waals surface area contributed by atoms with E-state index < -0.39 is 10.0 Å². The first-order chi connectivity index (χ1) is 14.3. The fourth-order valence-corrected chi connectivity index (χ4v) is 3.82. The maximum atomic E-state index is 12.3. The molecule has 3 rings (SSSR count). The Morgan fingerprint density at radius 3 is 2.27 bits per heavy atom. The highest BCUT2D eigenvalue weighted by atomic mass is 32.2. The fraction of sp³-hybridized carbons (Fsp3) is 0.174. The topological polar surface area (TPSA) is 84.5 Å². The van der Waals surface area contributed by atoms with Gasteiger partial charge in [-0.25, -0.2) is 8.42 Å². The van der Waals surface area contributed by atoms with Gasteiger partial charge in [0.25, 0.3) is 15.9 Å². The van der Waals surface area contributed by atoms with Gasteiger partial charge in [0.15, 0.2) is 0 Å². The van der Waals surface area contributed by atoms with Crippen molar-refractivity contribution in [3.8, 4) is 5.75 Å². The molecule has 0 aliphatic heterocycles. The summed E-state index contributed by atoms with van der Waals surface area (Å²) in [4.78, 5) is 12.4. The summed E-state index contributed by atoms with van der Waals surface area (Å²) in [5, 5.41) is 2.79. The molecule has 2 N–H and O–H groups in total. The number of hydrogen-bond donors (Lipinski definition) is 2. The Morgan fingerprint density at radius 1 is 0.900 bits per heavy atom. The molecule has 7 heteroatoms. The summed E-state index contributed by atoms with van der Waals surface area (Å²) >= 11 is 0. The molecule has 3 aromatic carbocycles. The summed E-state index contributed by atoms with van der Waals surface area (Å²) in [6, 6.07) is 20.2. The van der Waals surface area contributed by atoms with Gasteiger partial charge in [-0.05, 0) is 73.5 Å². The molecule has 0 radical (unpaired) electrons. The summed E-state index contributed by atoms with van der Waals surface area (Å²) in [6.45, 7) is 4.77. The van der Waals surface area contributed by atoms with E-state index >= 15 is 0 Å². The Bertz CT molecular complexity index is 1110. The molecule has 0 saturated carbocycles. The third-order valence-corrected chi connectivity index (χ3v) is 5.98. The fourth-order valence-electron chi connectivity index (χ4n) is 2.74. The molecular weight excluding hydrogens is 400 g/mol. The summed E-state index contributed by atoms with van der Waals surface area (Å²) in [6.07, 6.45) is 0. The van der Waals surface area contributed by atoms with Crippen molar-refractivity contribution in [3.63, 3.8) is 0 Å². The highest BCUT2D eigenvalue weighted by Gasteiger charge is 2.13. The minimum absolute atomic E-state index is 0.176.